The van der Waals surface area contributed by atoms with E-state index < -0.39 is 5.41 Å². The molecule has 1 aliphatic heterocycles. The van der Waals surface area contributed by atoms with Gasteiger partial charge in [0.2, 0.25) is 0 Å². The number of esters is 1. The second kappa shape index (κ2) is 12.5. The van der Waals surface area contributed by atoms with E-state index in [9.17, 15) is 4.79 Å². The van der Waals surface area contributed by atoms with Crippen LogP contribution in [0.4, 0.5) is 5.82 Å². The lowest BCUT2D eigenvalue weighted by atomic mass is 9.33. The van der Waals surface area contributed by atoms with E-state index in [-0.39, 0.29) is 39.0 Å². The molecule has 4 N–H and O–H groups in total. The highest BCUT2D eigenvalue weighted by molar-refractivity contribution is 5.81. The number of ether oxygens (including phenoxy) is 2. The number of morpholine rings is 1. The second-order valence-electron chi connectivity index (χ2n) is 20.2. The zero-order chi connectivity index (χ0) is 36.9. The summed E-state index contributed by atoms with van der Waals surface area (Å²) in [4.78, 5) is 20.9. The quantitative estimate of drug-likeness (QED) is 0.196. The van der Waals surface area contributed by atoms with Crippen molar-refractivity contribution in [2.45, 2.75) is 138 Å². The average molecular weight is 714 g/mol. The molecular weight excluding hydrogens is 647 g/mol. The molecule has 0 spiro atoms. The maximum atomic E-state index is 14.6. The number of nitrogens with two attached hydrogens (primary N) is 1. The Morgan fingerprint density at radius 1 is 1.04 bits per heavy atom. The Morgan fingerprint density at radius 3 is 2.54 bits per heavy atom. The van der Waals surface area contributed by atoms with Crippen LogP contribution in [0.5, 0.6) is 0 Å². The van der Waals surface area contributed by atoms with E-state index in [1.54, 1.807) is 5.57 Å². The lowest BCUT2D eigenvalue weighted by Crippen LogP contribution is -2.65. The van der Waals surface area contributed by atoms with Crippen LogP contribution < -0.4 is 5.73 Å². The number of hydrogen-bond donors (Lipinski definition) is 3. The van der Waals surface area contributed by atoms with Crippen molar-refractivity contribution in [3.05, 3.63) is 40.4 Å². The van der Waals surface area contributed by atoms with Gasteiger partial charge in [0.15, 0.2) is 0 Å². The van der Waals surface area contributed by atoms with Gasteiger partial charge < -0.3 is 20.2 Å². The minimum atomic E-state index is -0.451. The van der Waals surface area contributed by atoms with E-state index in [1.165, 1.54) is 40.9 Å². The van der Waals surface area contributed by atoms with Crippen LogP contribution in [0, 0.1) is 44.8 Å². The minimum absolute atomic E-state index is 0.0431. The van der Waals surface area contributed by atoms with Crippen LogP contribution >= 0.6 is 0 Å². The molecule has 0 amide bonds. The van der Waals surface area contributed by atoms with Gasteiger partial charge >= 0.3 is 5.97 Å². The monoisotopic (exact) mass is 714 g/mol. The van der Waals surface area contributed by atoms with Gasteiger partial charge in [0.05, 0.1) is 25.2 Å². The number of hydrogen-bond acceptors (Lipinski definition) is 6. The summed E-state index contributed by atoms with van der Waals surface area (Å²) in [6.07, 6.45) is 13.7. The van der Waals surface area contributed by atoms with E-state index >= 15 is 0 Å². The first-order valence-corrected chi connectivity index (χ1v) is 20.8. The van der Waals surface area contributed by atoms with E-state index in [1.807, 2.05) is 0 Å². The Kier molecular flexibility index (Phi) is 8.73. The van der Waals surface area contributed by atoms with E-state index in [2.05, 4.69) is 87.7 Å². The molecule has 7 atom stereocenters. The van der Waals surface area contributed by atoms with Crippen molar-refractivity contribution < 1.29 is 14.3 Å². The number of carbonyl (C=O) groups is 1. The summed E-state index contributed by atoms with van der Waals surface area (Å²) in [5.74, 6) is 1.92. The maximum Gasteiger partial charge on any atom is 0.312 e. The fourth-order valence-corrected chi connectivity index (χ4v) is 13.6. The summed E-state index contributed by atoms with van der Waals surface area (Å²) in [6.45, 7) is 24.8. The number of carbonyl (C=O) groups excluding carboxylic acids is 1. The molecule has 0 bridgehead atoms. The number of aromatic nitrogens is 3. The van der Waals surface area contributed by atoms with Crippen LogP contribution in [0.3, 0.4) is 0 Å². The molecule has 52 heavy (non-hydrogen) atoms. The molecule has 8 nitrogen and oxygen atoms in total. The number of allylic oxidation sites excluding steroid dienone is 2. The third-order valence-electron chi connectivity index (χ3n) is 16.7. The molecule has 8 heteroatoms. The predicted octanol–water partition coefficient (Wildman–Crippen LogP) is 8.84. The molecule has 1 unspecified atom stereocenters. The largest absolute Gasteiger partial charge is 0.465 e. The maximum absolute atomic E-state index is 14.6. The number of anilines is 1. The summed E-state index contributed by atoms with van der Waals surface area (Å²) < 4.78 is 11.9. The number of fused-ring (bicyclic) bond motifs is 8. The zero-order valence-corrected chi connectivity index (χ0v) is 33.6. The lowest BCUT2D eigenvalue weighted by Gasteiger charge is -2.71. The standard InChI is InChI=1S/C44H67N5O3/c1-9-10-19-52-38(50)44-15-13-39(2,3)25-32(44)35-30(28-22-29(46-26-28)27-49-17-20-51-21-18-49)23-34-41(6)24-31-36(47-48-37(31)45)40(4,5)33(41)11-12-42(34,7)43(35,8)14-16-44/h22,26,32-34,46H,9-21,23-25,27H2,1-8H3,(H3,45,47,48)/t32-,33-,34?,41-,42+,43+,44-/m0/s1. The Balaban J connectivity index is 1.30. The Labute approximate surface area is 312 Å². The van der Waals surface area contributed by atoms with Crippen LogP contribution in [-0.2, 0) is 32.6 Å². The molecule has 2 aromatic rings. The highest BCUT2D eigenvalue weighted by Gasteiger charge is 2.70. The third-order valence-corrected chi connectivity index (χ3v) is 16.7. The molecule has 3 heterocycles. The van der Waals surface area contributed by atoms with Crippen molar-refractivity contribution in [2.24, 2.45) is 44.8 Å². The van der Waals surface area contributed by atoms with Gasteiger partial charge in [0.25, 0.3) is 0 Å². The van der Waals surface area contributed by atoms with E-state index in [0.717, 1.165) is 90.6 Å². The number of H-pyrrole nitrogens is 2. The minimum Gasteiger partial charge on any atom is -0.465 e. The summed E-state index contributed by atoms with van der Waals surface area (Å²) in [6, 6.07) is 2.46. The van der Waals surface area contributed by atoms with Gasteiger partial charge in [-0.2, -0.15) is 5.10 Å². The number of nitrogens with one attached hydrogen (secondary N) is 2. The molecule has 286 valence electrons. The van der Waals surface area contributed by atoms with Crippen molar-refractivity contribution in [1.29, 1.82) is 0 Å². The number of rotatable bonds is 7. The molecule has 6 aliphatic rings. The van der Waals surface area contributed by atoms with Gasteiger partial charge in [-0.15, -0.1) is 0 Å². The van der Waals surface area contributed by atoms with Crippen molar-refractivity contribution in [3.8, 4) is 0 Å². The van der Waals surface area contributed by atoms with Gasteiger partial charge in [-0.1, -0.05) is 67.4 Å². The Morgan fingerprint density at radius 2 is 1.79 bits per heavy atom. The molecule has 5 aliphatic carbocycles. The molecule has 3 saturated carbocycles. The normalized spacial score (nSPS) is 38.0. The van der Waals surface area contributed by atoms with E-state index in [0.29, 0.717) is 24.3 Å². The zero-order valence-electron chi connectivity index (χ0n) is 33.6. The van der Waals surface area contributed by atoms with Crippen molar-refractivity contribution in [1.82, 2.24) is 20.1 Å². The third kappa shape index (κ3) is 5.26. The number of aromatic amines is 2. The molecule has 1 saturated heterocycles. The Hall–Kier alpha value is -2.58. The average Bonchev–Trinajstić information content (AvgIpc) is 3.71. The summed E-state index contributed by atoms with van der Waals surface area (Å²) in [5.41, 5.74) is 14.7. The number of nitrogens with zero attached hydrogens (tertiary/aromatic N) is 2. The predicted molar refractivity (Wildman–Crippen MR) is 207 cm³/mol. The molecule has 0 aromatic carbocycles. The topological polar surface area (TPSA) is 109 Å². The SMILES string of the molecule is CCCCOC(=O)[C@]12CCC(C)(C)C[C@H]1C1=C(c3c[nH]c(CN4CCOCC4)c3)CC3[C@@]4(C)Cc5c(N)n[nH]c5C(C)(C)[C@@H]4CC[C@@]3(C)[C@]1(C)CC2. The van der Waals surface area contributed by atoms with Crippen LogP contribution in [-0.4, -0.2) is 59.0 Å². The molecule has 2 aromatic heterocycles. The van der Waals surface area contributed by atoms with Crippen LogP contribution in [0.1, 0.15) is 142 Å². The van der Waals surface area contributed by atoms with Crippen molar-refractivity contribution in [2.75, 3.05) is 38.6 Å². The van der Waals surface area contributed by atoms with Crippen molar-refractivity contribution in [3.63, 3.8) is 0 Å². The first-order chi connectivity index (χ1) is 24.6. The number of unbranched alkanes of at least 4 members (excludes halogenated alkanes) is 1. The van der Waals surface area contributed by atoms with Gasteiger partial charge in [0.1, 0.15) is 5.82 Å². The van der Waals surface area contributed by atoms with Crippen molar-refractivity contribution >= 4 is 17.4 Å². The highest BCUT2D eigenvalue weighted by atomic mass is 16.5. The summed E-state index contributed by atoms with van der Waals surface area (Å²) >= 11 is 0. The number of nitrogen functional groups attached to an aromatic ring is 1. The second-order valence-corrected chi connectivity index (χ2v) is 20.2. The summed E-state index contributed by atoms with van der Waals surface area (Å²) in [7, 11) is 0. The first-order valence-electron chi connectivity index (χ1n) is 20.8. The molecule has 0 radical (unpaired) electrons. The van der Waals surface area contributed by atoms with Crippen LogP contribution in [0.2, 0.25) is 0 Å². The lowest BCUT2D eigenvalue weighted by molar-refractivity contribution is -0.180. The molecule has 4 fully saturated rings. The van der Waals surface area contributed by atoms with Gasteiger partial charge in [0, 0.05) is 48.2 Å². The van der Waals surface area contributed by atoms with Gasteiger partial charge in [-0.3, -0.25) is 14.8 Å². The highest BCUT2D eigenvalue weighted by Crippen LogP contribution is 2.77. The fourth-order valence-electron chi connectivity index (χ4n) is 13.6. The van der Waals surface area contributed by atoms with Gasteiger partial charge in [-0.25, -0.2) is 0 Å². The first kappa shape index (κ1) is 36.4. The van der Waals surface area contributed by atoms with Crippen LogP contribution in [0.15, 0.2) is 17.8 Å². The van der Waals surface area contributed by atoms with Gasteiger partial charge in [-0.05, 0) is 121 Å². The summed E-state index contributed by atoms with van der Waals surface area (Å²) in [5, 5.41) is 7.99. The molecule has 8 rings (SSSR count). The van der Waals surface area contributed by atoms with E-state index in [4.69, 9.17) is 15.2 Å². The Bertz CT molecular complexity index is 1730. The van der Waals surface area contributed by atoms with Crippen LogP contribution in [0.25, 0.3) is 5.57 Å². The molecular formula is C44H67N5O3. The fraction of sp³-hybridized carbons (Fsp3) is 0.773. The smallest absolute Gasteiger partial charge is 0.312 e.